The number of carbonyl (C=O) groups is 2. The van der Waals surface area contributed by atoms with E-state index in [0.717, 1.165) is 15.4 Å². The van der Waals surface area contributed by atoms with Crippen LogP contribution in [0.1, 0.15) is 18.5 Å². The number of amides is 2. The first-order valence-electron chi connectivity index (χ1n) is 8.62. The Morgan fingerprint density at radius 3 is 2.07 bits per heavy atom. The second kappa shape index (κ2) is 9.05. The maximum atomic E-state index is 12.4. The molecule has 0 radical (unpaired) electrons. The topological polar surface area (TPSA) is 58.2 Å². The van der Waals surface area contributed by atoms with Crippen molar-refractivity contribution in [2.24, 2.45) is 0 Å². The summed E-state index contributed by atoms with van der Waals surface area (Å²) >= 11 is 1.53. The zero-order valence-electron chi connectivity index (χ0n) is 14.9. The minimum absolute atomic E-state index is 0.251. The van der Waals surface area contributed by atoms with Gasteiger partial charge in [-0.2, -0.15) is 0 Å². The lowest BCUT2D eigenvalue weighted by Gasteiger charge is -2.15. The van der Waals surface area contributed by atoms with E-state index in [2.05, 4.69) is 10.6 Å². The first-order chi connectivity index (χ1) is 13.1. The zero-order valence-corrected chi connectivity index (χ0v) is 15.7. The van der Waals surface area contributed by atoms with Gasteiger partial charge in [-0.1, -0.05) is 72.4 Å². The number of carbonyl (C=O) groups excluding carboxylic acids is 2. The quantitative estimate of drug-likeness (QED) is 0.637. The minimum Gasteiger partial charge on any atom is -0.341 e. The molecule has 27 heavy (non-hydrogen) atoms. The van der Waals surface area contributed by atoms with E-state index >= 15 is 0 Å². The molecule has 0 aromatic heterocycles. The highest BCUT2D eigenvalue weighted by atomic mass is 32.2. The van der Waals surface area contributed by atoms with Crippen LogP contribution in [0.25, 0.3) is 0 Å². The Bertz CT molecular complexity index is 914. The Labute approximate surface area is 163 Å². The van der Waals surface area contributed by atoms with Gasteiger partial charge in [0.15, 0.2) is 0 Å². The van der Waals surface area contributed by atoms with E-state index in [4.69, 9.17) is 0 Å². The number of rotatable bonds is 5. The van der Waals surface area contributed by atoms with Crippen molar-refractivity contribution in [3.05, 3.63) is 90.5 Å². The molecule has 136 valence electrons. The van der Waals surface area contributed by atoms with Crippen molar-refractivity contribution in [1.29, 1.82) is 0 Å². The highest BCUT2D eigenvalue weighted by molar-refractivity contribution is 7.99. The van der Waals surface area contributed by atoms with Gasteiger partial charge in [-0.15, -0.1) is 0 Å². The average Bonchev–Trinajstić information content (AvgIpc) is 2.71. The van der Waals surface area contributed by atoms with E-state index in [-0.39, 0.29) is 6.04 Å². The van der Waals surface area contributed by atoms with Crippen LogP contribution in [-0.2, 0) is 9.59 Å². The third-order valence-corrected chi connectivity index (χ3v) is 5.04. The highest BCUT2D eigenvalue weighted by Gasteiger charge is 2.18. The predicted octanol–water partition coefficient (Wildman–Crippen LogP) is 4.65. The molecule has 3 rings (SSSR count). The van der Waals surface area contributed by atoms with Crippen LogP contribution in [0.5, 0.6) is 0 Å². The number of nitrogens with one attached hydrogen (secondary N) is 2. The number of para-hydroxylation sites is 1. The lowest BCUT2D eigenvalue weighted by Crippen LogP contribution is -2.37. The molecule has 0 aliphatic carbocycles. The molecule has 0 heterocycles. The summed E-state index contributed by atoms with van der Waals surface area (Å²) in [6.07, 6.45) is 0. The molecule has 0 spiro atoms. The smallest absolute Gasteiger partial charge is 0.313 e. The summed E-state index contributed by atoms with van der Waals surface area (Å²) in [7, 11) is 0. The van der Waals surface area contributed by atoms with Crippen LogP contribution in [-0.4, -0.2) is 11.8 Å². The first-order valence-corrected chi connectivity index (χ1v) is 9.44. The minimum atomic E-state index is -0.682. The molecule has 2 N–H and O–H groups in total. The summed E-state index contributed by atoms with van der Waals surface area (Å²) in [4.78, 5) is 26.6. The molecule has 1 unspecified atom stereocenters. The maximum Gasteiger partial charge on any atom is 0.313 e. The fraction of sp³-hybridized carbons (Fsp3) is 0.0909. The fourth-order valence-corrected chi connectivity index (χ4v) is 3.46. The SMILES string of the molecule is CC(NC(=O)C(=O)Nc1ccccc1Sc1ccccc1)c1ccccc1. The van der Waals surface area contributed by atoms with Gasteiger partial charge in [0.05, 0.1) is 11.7 Å². The normalized spacial score (nSPS) is 11.4. The fourth-order valence-electron chi connectivity index (χ4n) is 2.54. The lowest BCUT2D eigenvalue weighted by molar-refractivity contribution is -0.136. The van der Waals surface area contributed by atoms with Gasteiger partial charge < -0.3 is 10.6 Å². The summed E-state index contributed by atoms with van der Waals surface area (Å²) in [5.41, 5.74) is 1.55. The summed E-state index contributed by atoms with van der Waals surface area (Å²) in [5.74, 6) is -1.34. The molecule has 0 saturated carbocycles. The Morgan fingerprint density at radius 2 is 1.37 bits per heavy atom. The monoisotopic (exact) mass is 376 g/mol. The summed E-state index contributed by atoms with van der Waals surface area (Å²) < 4.78 is 0. The van der Waals surface area contributed by atoms with E-state index in [1.54, 1.807) is 6.07 Å². The molecule has 0 aliphatic heterocycles. The van der Waals surface area contributed by atoms with Crippen LogP contribution in [0.3, 0.4) is 0 Å². The standard InChI is InChI=1S/C22H20N2O2S/c1-16(17-10-4-2-5-11-17)23-21(25)22(26)24-19-14-8-9-15-20(19)27-18-12-6-3-7-13-18/h2-16H,1H3,(H,23,25)(H,24,26). The summed E-state index contributed by atoms with van der Waals surface area (Å²) in [5, 5.41) is 5.44. The van der Waals surface area contributed by atoms with Gasteiger partial charge in [0.2, 0.25) is 0 Å². The molecule has 0 fully saturated rings. The molecule has 0 aliphatic rings. The largest absolute Gasteiger partial charge is 0.341 e. The predicted molar refractivity (Wildman–Crippen MR) is 109 cm³/mol. The van der Waals surface area contributed by atoms with E-state index in [9.17, 15) is 9.59 Å². The third kappa shape index (κ3) is 5.21. The molecular formula is C22H20N2O2S. The average molecular weight is 376 g/mol. The van der Waals surface area contributed by atoms with Gasteiger partial charge in [0.1, 0.15) is 0 Å². The van der Waals surface area contributed by atoms with Gasteiger partial charge in [0, 0.05) is 9.79 Å². The number of benzene rings is 3. The summed E-state index contributed by atoms with van der Waals surface area (Å²) in [6.45, 7) is 1.85. The van der Waals surface area contributed by atoms with Crippen LogP contribution >= 0.6 is 11.8 Å². The number of anilines is 1. The van der Waals surface area contributed by atoms with Crippen molar-refractivity contribution in [3.8, 4) is 0 Å². The van der Waals surface area contributed by atoms with E-state index in [1.807, 2.05) is 85.8 Å². The van der Waals surface area contributed by atoms with Crippen LogP contribution in [0.15, 0.2) is 94.7 Å². The molecule has 3 aromatic rings. The van der Waals surface area contributed by atoms with Gasteiger partial charge in [-0.25, -0.2) is 0 Å². The summed E-state index contributed by atoms with van der Waals surface area (Å²) in [6, 6.07) is 26.6. The lowest BCUT2D eigenvalue weighted by atomic mass is 10.1. The number of hydrogen-bond donors (Lipinski definition) is 2. The van der Waals surface area contributed by atoms with Crippen LogP contribution in [0.2, 0.25) is 0 Å². The van der Waals surface area contributed by atoms with Crippen molar-refractivity contribution >= 4 is 29.3 Å². The van der Waals surface area contributed by atoms with Crippen molar-refractivity contribution in [1.82, 2.24) is 5.32 Å². The van der Waals surface area contributed by atoms with Crippen molar-refractivity contribution < 1.29 is 9.59 Å². The van der Waals surface area contributed by atoms with Gasteiger partial charge in [-0.3, -0.25) is 9.59 Å². The second-order valence-electron chi connectivity index (χ2n) is 5.97. The second-order valence-corrected chi connectivity index (χ2v) is 7.09. The molecule has 4 nitrogen and oxygen atoms in total. The first kappa shape index (κ1) is 18.7. The van der Waals surface area contributed by atoms with Crippen molar-refractivity contribution in [2.45, 2.75) is 22.8 Å². The van der Waals surface area contributed by atoms with E-state index in [0.29, 0.717) is 5.69 Å². The van der Waals surface area contributed by atoms with Gasteiger partial charge in [-0.05, 0) is 36.8 Å². The Hall–Kier alpha value is -3.05. The van der Waals surface area contributed by atoms with Gasteiger partial charge >= 0.3 is 11.8 Å². The molecular weight excluding hydrogens is 356 g/mol. The molecule has 0 bridgehead atoms. The Balaban J connectivity index is 1.66. The third-order valence-electron chi connectivity index (χ3n) is 3.96. The molecule has 3 aromatic carbocycles. The maximum absolute atomic E-state index is 12.4. The van der Waals surface area contributed by atoms with E-state index in [1.165, 1.54) is 11.8 Å². The molecule has 1 atom stereocenters. The number of hydrogen-bond acceptors (Lipinski definition) is 3. The molecule has 2 amide bonds. The Morgan fingerprint density at radius 1 is 0.778 bits per heavy atom. The highest BCUT2D eigenvalue weighted by Crippen LogP contribution is 2.33. The van der Waals surface area contributed by atoms with Crippen LogP contribution in [0, 0.1) is 0 Å². The van der Waals surface area contributed by atoms with Crippen LogP contribution in [0.4, 0.5) is 5.69 Å². The van der Waals surface area contributed by atoms with E-state index < -0.39 is 11.8 Å². The molecule has 5 heteroatoms. The zero-order chi connectivity index (χ0) is 19.1. The van der Waals surface area contributed by atoms with Crippen molar-refractivity contribution in [2.75, 3.05) is 5.32 Å². The van der Waals surface area contributed by atoms with Crippen LogP contribution < -0.4 is 10.6 Å². The molecule has 0 saturated heterocycles. The van der Waals surface area contributed by atoms with Crippen molar-refractivity contribution in [3.63, 3.8) is 0 Å². The Kier molecular flexibility index (Phi) is 6.28. The van der Waals surface area contributed by atoms with Gasteiger partial charge in [0.25, 0.3) is 0 Å².